The lowest BCUT2D eigenvalue weighted by atomic mass is 9.80. The van der Waals surface area contributed by atoms with E-state index in [1.54, 1.807) is 0 Å². The van der Waals surface area contributed by atoms with Crippen LogP contribution in [0.4, 0.5) is 0 Å². The molecule has 0 saturated carbocycles. The summed E-state index contributed by atoms with van der Waals surface area (Å²) >= 11 is 0. The van der Waals surface area contributed by atoms with E-state index in [0.717, 1.165) is 12.0 Å². The molecule has 92 valence electrons. The number of rotatable bonds is 1. The van der Waals surface area contributed by atoms with E-state index in [4.69, 9.17) is 14.2 Å². The molecule has 0 amide bonds. The van der Waals surface area contributed by atoms with Crippen molar-refractivity contribution in [1.29, 1.82) is 0 Å². The number of hydrogen-bond acceptors (Lipinski definition) is 5. The number of esters is 2. The monoisotopic (exact) mass is 238 g/mol. The average molecular weight is 238 g/mol. The fourth-order valence-electron chi connectivity index (χ4n) is 3.13. The maximum absolute atomic E-state index is 12.0. The SMILES string of the molecule is COC(=O)C12CC(=O)OC1C1=C(CCOC1)C2. The van der Waals surface area contributed by atoms with Crippen LogP contribution in [0, 0.1) is 5.41 Å². The summed E-state index contributed by atoms with van der Waals surface area (Å²) in [5, 5.41) is 0. The first-order valence-electron chi connectivity index (χ1n) is 5.74. The zero-order valence-electron chi connectivity index (χ0n) is 9.65. The zero-order chi connectivity index (χ0) is 12.0. The summed E-state index contributed by atoms with van der Waals surface area (Å²) in [5.74, 6) is -0.666. The molecule has 0 radical (unpaired) electrons. The number of methoxy groups -OCH3 is 1. The van der Waals surface area contributed by atoms with E-state index >= 15 is 0 Å². The average Bonchev–Trinajstić information content (AvgIpc) is 2.80. The predicted molar refractivity (Wildman–Crippen MR) is 56.0 cm³/mol. The molecule has 1 fully saturated rings. The standard InChI is InChI=1S/C12H14O5/c1-15-11(14)12-4-7-2-3-16-6-8(7)10(12)17-9(13)5-12/h10H,2-6H2,1H3. The summed E-state index contributed by atoms with van der Waals surface area (Å²) in [7, 11) is 1.35. The van der Waals surface area contributed by atoms with Crippen molar-refractivity contribution < 1.29 is 23.8 Å². The van der Waals surface area contributed by atoms with E-state index in [1.165, 1.54) is 12.7 Å². The van der Waals surface area contributed by atoms with Crippen molar-refractivity contribution in [3.63, 3.8) is 0 Å². The second-order valence-electron chi connectivity index (χ2n) is 4.80. The Morgan fingerprint density at radius 1 is 1.47 bits per heavy atom. The second-order valence-corrected chi connectivity index (χ2v) is 4.80. The first kappa shape index (κ1) is 10.8. The highest BCUT2D eigenvalue weighted by Gasteiger charge is 2.61. The smallest absolute Gasteiger partial charge is 0.316 e. The third kappa shape index (κ3) is 1.35. The minimum atomic E-state index is -0.815. The fraction of sp³-hybridized carbons (Fsp3) is 0.667. The van der Waals surface area contributed by atoms with Gasteiger partial charge in [-0.05, 0) is 18.4 Å². The minimum Gasteiger partial charge on any atom is -0.468 e. The summed E-state index contributed by atoms with van der Waals surface area (Å²) in [6.45, 7) is 1.14. The van der Waals surface area contributed by atoms with Crippen LogP contribution >= 0.6 is 0 Å². The maximum atomic E-state index is 12.0. The molecule has 2 aliphatic heterocycles. The quantitative estimate of drug-likeness (QED) is 0.494. The Balaban J connectivity index is 2.00. The molecule has 0 N–H and O–H groups in total. The largest absolute Gasteiger partial charge is 0.468 e. The minimum absolute atomic E-state index is 0.122. The van der Waals surface area contributed by atoms with Gasteiger partial charge in [0.2, 0.25) is 0 Å². The van der Waals surface area contributed by atoms with Crippen LogP contribution in [0.2, 0.25) is 0 Å². The third-order valence-corrected chi connectivity index (χ3v) is 3.91. The van der Waals surface area contributed by atoms with Gasteiger partial charge < -0.3 is 14.2 Å². The van der Waals surface area contributed by atoms with Crippen molar-refractivity contribution in [1.82, 2.24) is 0 Å². The topological polar surface area (TPSA) is 61.8 Å². The van der Waals surface area contributed by atoms with Crippen LogP contribution in [0.1, 0.15) is 19.3 Å². The third-order valence-electron chi connectivity index (χ3n) is 3.91. The van der Waals surface area contributed by atoms with Crippen molar-refractivity contribution >= 4 is 11.9 Å². The van der Waals surface area contributed by atoms with Gasteiger partial charge in [0.05, 0.1) is 26.7 Å². The molecule has 0 aromatic heterocycles. The van der Waals surface area contributed by atoms with Crippen LogP contribution in [-0.4, -0.2) is 38.4 Å². The molecule has 0 aromatic rings. The van der Waals surface area contributed by atoms with E-state index in [9.17, 15) is 9.59 Å². The first-order chi connectivity index (χ1) is 8.17. The van der Waals surface area contributed by atoms with Gasteiger partial charge in [-0.25, -0.2) is 0 Å². The summed E-state index contributed by atoms with van der Waals surface area (Å²) in [6, 6.07) is 0. The number of carbonyl (C=O) groups is 2. The number of fused-ring (bicyclic) bond motifs is 2. The molecule has 1 saturated heterocycles. The van der Waals surface area contributed by atoms with Gasteiger partial charge in [-0.2, -0.15) is 0 Å². The molecule has 2 heterocycles. The van der Waals surface area contributed by atoms with Gasteiger partial charge in [0.15, 0.2) is 0 Å². The summed E-state index contributed by atoms with van der Waals surface area (Å²) < 4.78 is 15.5. The summed E-state index contributed by atoms with van der Waals surface area (Å²) in [5.41, 5.74) is 1.37. The Kier molecular flexibility index (Phi) is 2.26. The number of carbonyl (C=O) groups excluding carboxylic acids is 2. The summed E-state index contributed by atoms with van der Waals surface area (Å²) in [4.78, 5) is 23.4. The highest BCUT2D eigenvalue weighted by atomic mass is 16.6. The molecule has 1 aliphatic carbocycles. The zero-order valence-corrected chi connectivity index (χ0v) is 9.65. The molecule has 2 atom stereocenters. The van der Waals surface area contributed by atoms with Crippen LogP contribution < -0.4 is 0 Å². The number of ether oxygens (including phenoxy) is 3. The molecule has 3 aliphatic rings. The van der Waals surface area contributed by atoms with Gasteiger partial charge in [-0.1, -0.05) is 5.57 Å². The molecule has 5 nitrogen and oxygen atoms in total. The van der Waals surface area contributed by atoms with E-state index in [2.05, 4.69) is 0 Å². The van der Waals surface area contributed by atoms with Gasteiger partial charge >= 0.3 is 11.9 Å². The van der Waals surface area contributed by atoms with Crippen molar-refractivity contribution in [2.24, 2.45) is 5.41 Å². The lowest BCUT2D eigenvalue weighted by Gasteiger charge is -2.24. The van der Waals surface area contributed by atoms with Crippen molar-refractivity contribution in [2.45, 2.75) is 25.4 Å². The van der Waals surface area contributed by atoms with Crippen molar-refractivity contribution in [2.75, 3.05) is 20.3 Å². The van der Waals surface area contributed by atoms with E-state index in [1.807, 2.05) is 0 Å². The normalized spacial score (nSPS) is 35.4. The van der Waals surface area contributed by atoms with Crippen molar-refractivity contribution in [3.05, 3.63) is 11.1 Å². The van der Waals surface area contributed by atoms with E-state index in [0.29, 0.717) is 19.6 Å². The van der Waals surface area contributed by atoms with Crippen LogP contribution in [-0.2, 0) is 23.8 Å². The lowest BCUT2D eigenvalue weighted by molar-refractivity contribution is -0.154. The lowest BCUT2D eigenvalue weighted by Crippen LogP contribution is -2.37. The molecule has 3 rings (SSSR count). The van der Waals surface area contributed by atoms with Crippen molar-refractivity contribution in [3.8, 4) is 0 Å². The second kappa shape index (κ2) is 3.57. The molecule has 0 aromatic carbocycles. The fourth-order valence-corrected chi connectivity index (χ4v) is 3.13. The summed E-state index contributed by atoms with van der Waals surface area (Å²) in [6.07, 6.45) is 1.06. The van der Waals surface area contributed by atoms with E-state index < -0.39 is 11.5 Å². The molecular formula is C12H14O5. The Morgan fingerprint density at radius 2 is 2.29 bits per heavy atom. The Bertz CT molecular complexity index is 425. The van der Waals surface area contributed by atoms with Gasteiger partial charge in [-0.3, -0.25) is 9.59 Å². The van der Waals surface area contributed by atoms with Crippen LogP contribution in [0.3, 0.4) is 0 Å². The molecule has 0 spiro atoms. The highest BCUT2D eigenvalue weighted by molar-refractivity contribution is 5.89. The van der Waals surface area contributed by atoms with E-state index in [-0.39, 0.29) is 18.4 Å². The first-order valence-corrected chi connectivity index (χ1v) is 5.74. The number of hydrogen-bond donors (Lipinski definition) is 0. The van der Waals surface area contributed by atoms with Crippen LogP contribution in [0.5, 0.6) is 0 Å². The molecular weight excluding hydrogens is 224 g/mol. The maximum Gasteiger partial charge on any atom is 0.316 e. The molecule has 5 heteroatoms. The highest BCUT2D eigenvalue weighted by Crippen LogP contribution is 2.53. The Morgan fingerprint density at radius 3 is 3.06 bits per heavy atom. The van der Waals surface area contributed by atoms with Gasteiger partial charge in [0.25, 0.3) is 0 Å². The molecule has 0 bridgehead atoms. The van der Waals surface area contributed by atoms with Crippen LogP contribution in [0.15, 0.2) is 11.1 Å². The predicted octanol–water partition coefficient (Wildman–Crippen LogP) is 0.582. The Labute approximate surface area is 98.7 Å². The van der Waals surface area contributed by atoms with Gasteiger partial charge in [0.1, 0.15) is 11.5 Å². The molecule has 2 unspecified atom stereocenters. The van der Waals surface area contributed by atoms with Gasteiger partial charge in [0, 0.05) is 0 Å². The Hall–Kier alpha value is -1.36. The van der Waals surface area contributed by atoms with Gasteiger partial charge in [-0.15, -0.1) is 0 Å². The van der Waals surface area contributed by atoms with Crippen LogP contribution in [0.25, 0.3) is 0 Å². The molecule has 17 heavy (non-hydrogen) atoms.